The summed E-state index contributed by atoms with van der Waals surface area (Å²) >= 11 is 0. The van der Waals surface area contributed by atoms with E-state index in [1.54, 1.807) is 0 Å². The van der Waals surface area contributed by atoms with Crippen LogP contribution in [0.15, 0.2) is 29.4 Å². The van der Waals surface area contributed by atoms with Crippen LogP contribution in [0.5, 0.6) is 0 Å². The van der Waals surface area contributed by atoms with Gasteiger partial charge in [-0.25, -0.2) is 13.1 Å². The fraction of sp³-hybridized carbons (Fsp3) is 0.571. The highest BCUT2D eigenvalue weighted by Crippen LogP contribution is 2.38. The van der Waals surface area contributed by atoms with Gasteiger partial charge in [0.25, 0.3) is 10.0 Å². The molecule has 1 amide bonds. The number of nitrogens with one attached hydrogen (secondary N) is 1. The monoisotopic (exact) mass is 296 g/mol. The van der Waals surface area contributed by atoms with Crippen LogP contribution >= 0.6 is 0 Å². The van der Waals surface area contributed by atoms with Crippen molar-refractivity contribution in [2.24, 2.45) is 11.3 Å². The van der Waals surface area contributed by atoms with E-state index < -0.39 is 15.9 Å². The van der Waals surface area contributed by atoms with Crippen molar-refractivity contribution in [3.63, 3.8) is 0 Å². The minimum absolute atomic E-state index is 0.0180. The highest BCUT2D eigenvalue weighted by Gasteiger charge is 2.32. The number of hydrogen-bond acceptors (Lipinski definition) is 4. The Morgan fingerprint density at radius 1 is 1.35 bits per heavy atom. The van der Waals surface area contributed by atoms with Crippen LogP contribution in [0.2, 0.25) is 0 Å². The molecule has 0 aliphatic heterocycles. The zero-order valence-electron chi connectivity index (χ0n) is 11.8. The van der Waals surface area contributed by atoms with Crippen LogP contribution in [-0.2, 0) is 14.8 Å². The molecule has 0 saturated heterocycles. The molecule has 0 spiro atoms. The molecule has 1 aromatic rings. The molecule has 2 rings (SSSR count). The smallest absolute Gasteiger partial charge is 0.265 e. The Hall–Kier alpha value is -1.43. The molecule has 0 atom stereocenters. The standard InChI is InChI=1S/C14H20N2O3S/c1-14(2)7-5-11(6-8-14)13(17)16-20(18,19)12-4-3-9-15-10-12/h3-4,9-11H,5-8H2,1-2H3,(H,16,17). The second-order valence-electron chi connectivity index (χ2n) is 6.10. The van der Waals surface area contributed by atoms with Gasteiger partial charge in [-0.1, -0.05) is 13.8 Å². The van der Waals surface area contributed by atoms with Crippen molar-refractivity contribution in [2.75, 3.05) is 0 Å². The molecule has 1 saturated carbocycles. The first-order chi connectivity index (χ1) is 9.30. The van der Waals surface area contributed by atoms with E-state index in [-0.39, 0.29) is 16.2 Å². The van der Waals surface area contributed by atoms with E-state index in [0.29, 0.717) is 0 Å². The lowest BCUT2D eigenvalue weighted by molar-refractivity contribution is -0.124. The van der Waals surface area contributed by atoms with Gasteiger partial charge in [-0.2, -0.15) is 0 Å². The van der Waals surface area contributed by atoms with E-state index in [1.807, 2.05) is 0 Å². The van der Waals surface area contributed by atoms with Crippen molar-refractivity contribution in [3.05, 3.63) is 24.5 Å². The molecule has 0 aromatic carbocycles. The zero-order chi connectivity index (χ0) is 14.8. The first-order valence-corrected chi connectivity index (χ1v) is 8.25. The molecule has 1 N–H and O–H groups in total. The molecule has 5 nitrogen and oxygen atoms in total. The second kappa shape index (κ2) is 5.52. The summed E-state index contributed by atoms with van der Waals surface area (Å²) in [5, 5.41) is 0. The van der Waals surface area contributed by atoms with Gasteiger partial charge < -0.3 is 0 Å². The first kappa shape index (κ1) is 15.0. The number of carbonyl (C=O) groups excluding carboxylic acids is 1. The molecule has 0 radical (unpaired) electrons. The maximum Gasteiger partial charge on any atom is 0.265 e. The number of pyridine rings is 1. The number of aromatic nitrogens is 1. The first-order valence-electron chi connectivity index (χ1n) is 6.77. The quantitative estimate of drug-likeness (QED) is 0.926. The van der Waals surface area contributed by atoms with Gasteiger partial charge in [-0.3, -0.25) is 9.78 Å². The van der Waals surface area contributed by atoms with E-state index in [9.17, 15) is 13.2 Å². The summed E-state index contributed by atoms with van der Waals surface area (Å²) in [4.78, 5) is 15.9. The van der Waals surface area contributed by atoms with Gasteiger partial charge in [0.1, 0.15) is 4.90 Å². The molecule has 6 heteroatoms. The van der Waals surface area contributed by atoms with Crippen molar-refractivity contribution in [3.8, 4) is 0 Å². The van der Waals surface area contributed by atoms with Crippen LogP contribution in [0.3, 0.4) is 0 Å². The topological polar surface area (TPSA) is 76.1 Å². The summed E-state index contributed by atoms with van der Waals surface area (Å²) in [6, 6.07) is 2.95. The van der Waals surface area contributed by atoms with Crippen molar-refractivity contribution in [2.45, 2.75) is 44.4 Å². The van der Waals surface area contributed by atoms with Crippen LogP contribution in [0.25, 0.3) is 0 Å². The highest BCUT2D eigenvalue weighted by molar-refractivity contribution is 7.90. The van der Waals surface area contributed by atoms with Crippen molar-refractivity contribution < 1.29 is 13.2 Å². The average Bonchev–Trinajstić information content (AvgIpc) is 2.39. The number of carbonyl (C=O) groups is 1. The lowest BCUT2D eigenvalue weighted by atomic mass is 9.73. The van der Waals surface area contributed by atoms with Gasteiger partial charge in [0.05, 0.1) is 0 Å². The van der Waals surface area contributed by atoms with Gasteiger partial charge in [-0.15, -0.1) is 0 Å². The van der Waals surface area contributed by atoms with E-state index in [1.165, 1.54) is 24.5 Å². The maximum absolute atomic E-state index is 12.1. The molecule has 1 aliphatic carbocycles. The number of rotatable bonds is 3. The SMILES string of the molecule is CC1(C)CCC(C(=O)NS(=O)(=O)c2cccnc2)CC1. The van der Waals surface area contributed by atoms with Gasteiger partial charge >= 0.3 is 0 Å². The summed E-state index contributed by atoms with van der Waals surface area (Å²) in [6.07, 6.45) is 6.09. The van der Waals surface area contributed by atoms with E-state index in [4.69, 9.17) is 0 Å². The predicted octanol–water partition coefficient (Wildman–Crippen LogP) is 2.10. The van der Waals surface area contributed by atoms with E-state index in [0.717, 1.165) is 25.7 Å². The van der Waals surface area contributed by atoms with Gasteiger partial charge in [0.15, 0.2) is 0 Å². The van der Waals surface area contributed by atoms with Crippen LogP contribution in [0.1, 0.15) is 39.5 Å². The number of hydrogen-bond donors (Lipinski definition) is 1. The number of nitrogens with zero attached hydrogens (tertiary/aromatic N) is 1. The summed E-state index contributed by atoms with van der Waals surface area (Å²) in [6.45, 7) is 4.35. The largest absolute Gasteiger partial charge is 0.274 e. The number of sulfonamides is 1. The van der Waals surface area contributed by atoms with Crippen molar-refractivity contribution >= 4 is 15.9 Å². The third-order valence-corrected chi connectivity index (χ3v) is 5.22. The lowest BCUT2D eigenvalue weighted by Crippen LogP contribution is -2.38. The summed E-state index contributed by atoms with van der Waals surface area (Å²) in [7, 11) is -3.80. The molecule has 1 heterocycles. The van der Waals surface area contributed by atoms with Crippen LogP contribution in [0, 0.1) is 11.3 Å². The average molecular weight is 296 g/mol. The Labute approximate surface area is 119 Å². The second-order valence-corrected chi connectivity index (χ2v) is 7.78. The summed E-state index contributed by atoms with van der Waals surface area (Å²) < 4.78 is 26.2. The van der Waals surface area contributed by atoms with E-state index in [2.05, 4.69) is 23.6 Å². The minimum Gasteiger partial charge on any atom is -0.274 e. The fourth-order valence-electron chi connectivity index (χ4n) is 2.44. The van der Waals surface area contributed by atoms with Gasteiger partial charge in [0.2, 0.25) is 5.91 Å². The molecule has 0 unspecified atom stereocenters. The molecule has 0 bridgehead atoms. The lowest BCUT2D eigenvalue weighted by Gasteiger charge is -2.33. The third kappa shape index (κ3) is 3.56. The normalized spacial score (nSPS) is 19.5. The third-order valence-electron chi connectivity index (χ3n) is 3.89. The maximum atomic E-state index is 12.1. The molecular weight excluding hydrogens is 276 g/mol. The Morgan fingerprint density at radius 3 is 2.55 bits per heavy atom. The van der Waals surface area contributed by atoms with Gasteiger partial charge in [0, 0.05) is 18.3 Å². The fourth-order valence-corrected chi connectivity index (χ4v) is 3.45. The minimum atomic E-state index is -3.80. The van der Waals surface area contributed by atoms with E-state index >= 15 is 0 Å². The molecule has 110 valence electrons. The van der Waals surface area contributed by atoms with Crippen LogP contribution in [-0.4, -0.2) is 19.3 Å². The van der Waals surface area contributed by atoms with Crippen molar-refractivity contribution in [1.82, 2.24) is 9.71 Å². The Morgan fingerprint density at radius 2 is 2.00 bits per heavy atom. The van der Waals surface area contributed by atoms with Crippen LogP contribution in [0.4, 0.5) is 0 Å². The molecule has 1 aromatic heterocycles. The molecule has 1 fully saturated rings. The molecule has 1 aliphatic rings. The van der Waals surface area contributed by atoms with Gasteiger partial charge in [-0.05, 0) is 43.2 Å². The van der Waals surface area contributed by atoms with Crippen molar-refractivity contribution in [1.29, 1.82) is 0 Å². The summed E-state index contributed by atoms with van der Waals surface area (Å²) in [5.41, 5.74) is 0.249. The summed E-state index contributed by atoms with van der Waals surface area (Å²) in [5.74, 6) is -0.612. The highest BCUT2D eigenvalue weighted by atomic mass is 32.2. The Balaban J connectivity index is 2.02. The Kier molecular flexibility index (Phi) is 4.13. The molecular formula is C14H20N2O3S. The molecule has 20 heavy (non-hydrogen) atoms. The zero-order valence-corrected chi connectivity index (χ0v) is 12.6. The number of amides is 1. The predicted molar refractivity (Wildman–Crippen MR) is 75.3 cm³/mol. The Bertz CT molecular complexity index is 572. The van der Waals surface area contributed by atoms with Crippen LogP contribution < -0.4 is 4.72 Å².